The molecule has 6 nitrogen and oxygen atoms in total. The number of benzene rings is 3. The van der Waals surface area contributed by atoms with Crippen molar-refractivity contribution >= 4 is 21.8 Å². The highest BCUT2D eigenvalue weighted by atomic mass is 32.2. The summed E-state index contributed by atoms with van der Waals surface area (Å²) in [5.74, 6) is 1.94. The van der Waals surface area contributed by atoms with Gasteiger partial charge >= 0.3 is 0 Å². The molecule has 2 N–H and O–H groups in total. The third-order valence-corrected chi connectivity index (χ3v) is 6.91. The Morgan fingerprint density at radius 1 is 1.03 bits per heavy atom. The van der Waals surface area contributed by atoms with Gasteiger partial charge in [-0.25, -0.2) is 4.21 Å². The quantitative estimate of drug-likeness (QED) is 0.551. The van der Waals surface area contributed by atoms with Crippen LogP contribution in [0.2, 0.25) is 0 Å². The van der Waals surface area contributed by atoms with E-state index < -0.39 is 11.0 Å². The first kappa shape index (κ1) is 21.4. The summed E-state index contributed by atoms with van der Waals surface area (Å²) in [7, 11) is -1.51. The van der Waals surface area contributed by atoms with Crippen LogP contribution in [0.25, 0.3) is 4.91 Å². The summed E-state index contributed by atoms with van der Waals surface area (Å²) in [6.07, 6.45) is 3.57. The van der Waals surface area contributed by atoms with Gasteiger partial charge in [0.05, 0.1) is 4.91 Å². The second kappa shape index (κ2) is 9.21. The van der Waals surface area contributed by atoms with Gasteiger partial charge in [-0.2, -0.15) is 0 Å². The maximum atomic E-state index is 12.0. The van der Waals surface area contributed by atoms with Gasteiger partial charge < -0.3 is 14.6 Å². The average Bonchev–Trinajstić information content (AvgIpc) is 3.38. The minimum Gasteiger partial charge on any atom is -0.486 e. The number of aliphatic hydroxyl groups excluding tert-OH is 1. The number of hydrogen-bond donors (Lipinski definition) is 2. The lowest BCUT2D eigenvalue weighted by molar-refractivity contribution is -0.114. The maximum absolute atomic E-state index is 12.0. The summed E-state index contributed by atoms with van der Waals surface area (Å²) in [5, 5.41) is 9.18. The molecule has 3 aromatic carbocycles. The summed E-state index contributed by atoms with van der Waals surface area (Å²) >= 11 is 0. The lowest BCUT2D eigenvalue weighted by Gasteiger charge is -2.16. The minimum atomic E-state index is -1.51. The summed E-state index contributed by atoms with van der Waals surface area (Å²) < 4.78 is 26.8. The van der Waals surface area contributed by atoms with Crippen molar-refractivity contribution in [3.63, 3.8) is 0 Å². The molecule has 168 valence electrons. The molecule has 1 aliphatic heterocycles. The van der Waals surface area contributed by atoms with E-state index in [1.807, 2.05) is 60.7 Å². The van der Waals surface area contributed by atoms with Crippen LogP contribution in [0.15, 0.2) is 72.8 Å². The zero-order valence-corrected chi connectivity index (χ0v) is 18.6. The van der Waals surface area contributed by atoms with E-state index in [0.717, 1.165) is 46.6 Å². The van der Waals surface area contributed by atoms with Crippen molar-refractivity contribution in [2.24, 2.45) is 0 Å². The normalized spacial score (nSPS) is 19.1. The Morgan fingerprint density at radius 3 is 2.61 bits per heavy atom. The lowest BCUT2D eigenvalue weighted by Crippen LogP contribution is -2.16. The van der Waals surface area contributed by atoms with Gasteiger partial charge in [0.25, 0.3) is 5.91 Å². The van der Waals surface area contributed by atoms with Crippen LogP contribution in [-0.4, -0.2) is 21.8 Å². The van der Waals surface area contributed by atoms with Gasteiger partial charge in [0.1, 0.15) is 23.4 Å². The van der Waals surface area contributed by atoms with Crippen LogP contribution in [-0.2, 0) is 28.6 Å². The van der Waals surface area contributed by atoms with Crippen LogP contribution in [0.3, 0.4) is 0 Å². The van der Waals surface area contributed by atoms with Crippen LogP contribution < -0.4 is 14.2 Å². The summed E-state index contributed by atoms with van der Waals surface area (Å²) in [6, 6.07) is 21.1. The van der Waals surface area contributed by atoms with Crippen molar-refractivity contribution in [3.05, 3.63) is 95.1 Å². The molecule has 1 amide bonds. The van der Waals surface area contributed by atoms with Gasteiger partial charge in [-0.15, -0.1) is 0 Å². The topological polar surface area (TPSA) is 84.9 Å². The number of nitrogens with one attached hydrogen (secondary N) is 1. The standard InChI is InChI=1S/C26H23NO5S/c28-14-13-17-3-1-4-20(15-17)32-23-6-2-5-21-22(23)11-12-24(21)31-19-9-7-18(8-10-19)25-16-26(29)27-33(25)30/h1-10,15-16,24,28H,11-14H2,(H,27,29)/t24-,33?/m1/s1. The molecule has 0 saturated heterocycles. The van der Waals surface area contributed by atoms with E-state index in [9.17, 15) is 14.1 Å². The first-order valence-electron chi connectivity index (χ1n) is 10.8. The smallest absolute Gasteiger partial charge is 0.257 e. The molecule has 0 aromatic heterocycles. The molecule has 2 atom stereocenters. The Hall–Kier alpha value is -3.42. The van der Waals surface area contributed by atoms with E-state index in [1.165, 1.54) is 6.08 Å². The SMILES string of the molecule is O=C1C=C(c2ccc(O[C@@H]3CCc4c(Oc5cccc(CCO)c5)cccc43)cc2)S(=O)N1. The summed E-state index contributed by atoms with van der Waals surface area (Å²) in [6.45, 7) is 0.106. The molecule has 1 unspecified atom stereocenters. The summed E-state index contributed by atoms with van der Waals surface area (Å²) in [5.41, 5.74) is 4.01. The Bertz CT molecular complexity index is 1250. The first-order valence-corrected chi connectivity index (χ1v) is 12.0. The molecular formula is C26H23NO5S. The molecule has 0 fully saturated rings. The number of carbonyl (C=O) groups excluding carboxylic acids is 1. The van der Waals surface area contributed by atoms with E-state index in [1.54, 1.807) is 0 Å². The van der Waals surface area contributed by atoms with Crippen LogP contribution in [0.1, 0.15) is 34.8 Å². The molecule has 2 aliphatic rings. The minimum absolute atomic E-state index is 0.0850. The fourth-order valence-corrected chi connectivity index (χ4v) is 5.14. The van der Waals surface area contributed by atoms with Crippen LogP contribution >= 0.6 is 0 Å². The van der Waals surface area contributed by atoms with Gasteiger partial charge in [0.15, 0.2) is 11.0 Å². The van der Waals surface area contributed by atoms with Crippen molar-refractivity contribution in [1.82, 2.24) is 4.72 Å². The largest absolute Gasteiger partial charge is 0.486 e. The third-order valence-electron chi connectivity index (χ3n) is 5.77. The number of rotatable bonds is 7. The Kier molecular flexibility index (Phi) is 5.98. The van der Waals surface area contributed by atoms with Crippen LogP contribution in [0.4, 0.5) is 0 Å². The zero-order valence-electron chi connectivity index (χ0n) is 17.8. The van der Waals surface area contributed by atoms with Gasteiger partial charge in [0, 0.05) is 18.2 Å². The molecule has 0 saturated carbocycles. The number of aliphatic hydroxyl groups is 1. The van der Waals surface area contributed by atoms with Crippen molar-refractivity contribution in [2.45, 2.75) is 25.4 Å². The van der Waals surface area contributed by atoms with Crippen molar-refractivity contribution in [2.75, 3.05) is 6.61 Å². The molecule has 33 heavy (non-hydrogen) atoms. The average molecular weight is 462 g/mol. The molecule has 7 heteroatoms. The molecular weight excluding hydrogens is 438 g/mol. The first-order chi connectivity index (χ1) is 16.1. The highest BCUT2D eigenvalue weighted by molar-refractivity contribution is 7.93. The number of hydrogen-bond acceptors (Lipinski definition) is 5. The zero-order chi connectivity index (χ0) is 22.8. The predicted molar refractivity (Wildman–Crippen MR) is 126 cm³/mol. The van der Waals surface area contributed by atoms with Crippen molar-refractivity contribution in [1.29, 1.82) is 0 Å². The van der Waals surface area contributed by atoms with E-state index in [2.05, 4.69) is 10.8 Å². The monoisotopic (exact) mass is 461 g/mol. The Labute approximate surface area is 194 Å². The number of fused-ring (bicyclic) bond motifs is 1. The van der Waals surface area contributed by atoms with E-state index in [4.69, 9.17) is 9.47 Å². The van der Waals surface area contributed by atoms with Gasteiger partial charge in [-0.1, -0.05) is 36.4 Å². The number of carbonyl (C=O) groups is 1. The summed E-state index contributed by atoms with van der Waals surface area (Å²) in [4.78, 5) is 11.9. The van der Waals surface area contributed by atoms with Gasteiger partial charge in [0.2, 0.25) is 0 Å². The number of ether oxygens (including phenoxy) is 2. The van der Waals surface area contributed by atoms with Crippen LogP contribution in [0, 0.1) is 0 Å². The molecule has 0 bridgehead atoms. The Balaban J connectivity index is 1.31. The fraction of sp³-hybridized carbons (Fsp3) is 0.192. The van der Waals surface area contributed by atoms with Crippen molar-refractivity contribution < 1.29 is 23.6 Å². The third kappa shape index (κ3) is 4.55. The predicted octanol–water partition coefficient (Wildman–Crippen LogP) is 4.21. The van der Waals surface area contributed by atoms with Gasteiger partial charge in [-0.05, 0) is 66.3 Å². The van der Waals surface area contributed by atoms with Crippen molar-refractivity contribution in [3.8, 4) is 17.2 Å². The fourth-order valence-electron chi connectivity index (χ4n) is 4.22. The molecule has 1 aliphatic carbocycles. The highest BCUT2D eigenvalue weighted by Gasteiger charge is 2.27. The highest BCUT2D eigenvalue weighted by Crippen LogP contribution is 2.41. The molecule has 0 radical (unpaired) electrons. The molecule has 5 rings (SSSR count). The lowest BCUT2D eigenvalue weighted by atomic mass is 10.1. The molecule has 3 aromatic rings. The van der Waals surface area contributed by atoms with Crippen LogP contribution in [0.5, 0.6) is 17.2 Å². The number of amides is 1. The van der Waals surface area contributed by atoms with Gasteiger partial charge in [-0.3, -0.25) is 9.52 Å². The molecule has 1 heterocycles. The Morgan fingerprint density at radius 2 is 1.85 bits per heavy atom. The van der Waals surface area contributed by atoms with E-state index in [-0.39, 0.29) is 18.6 Å². The molecule has 0 spiro atoms. The second-order valence-electron chi connectivity index (χ2n) is 7.96. The second-order valence-corrected chi connectivity index (χ2v) is 9.14. The van der Waals surface area contributed by atoms with E-state index >= 15 is 0 Å². The maximum Gasteiger partial charge on any atom is 0.257 e. The van der Waals surface area contributed by atoms with E-state index in [0.29, 0.717) is 17.1 Å².